The highest BCUT2D eigenvalue weighted by Gasteiger charge is 2.33. The molecule has 1 aromatic heterocycles. The van der Waals surface area contributed by atoms with E-state index in [1.807, 2.05) is 26.8 Å². The summed E-state index contributed by atoms with van der Waals surface area (Å²) in [6.45, 7) is 6.49. The Morgan fingerprint density at radius 3 is 2.52 bits per heavy atom. The van der Waals surface area contributed by atoms with Gasteiger partial charge in [-0.3, -0.25) is 14.4 Å². The maximum Gasteiger partial charge on any atom is 0.256 e. The van der Waals surface area contributed by atoms with E-state index in [-0.39, 0.29) is 23.9 Å². The van der Waals surface area contributed by atoms with Gasteiger partial charge in [0.05, 0.1) is 17.1 Å². The van der Waals surface area contributed by atoms with Crippen LogP contribution in [0.2, 0.25) is 10.0 Å². The van der Waals surface area contributed by atoms with Gasteiger partial charge >= 0.3 is 0 Å². The maximum absolute atomic E-state index is 13.5. The fourth-order valence-electron chi connectivity index (χ4n) is 4.45. The number of aromatic nitrogens is 1. The summed E-state index contributed by atoms with van der Waals surface area (Å²) in [5.41, 5.74) is 5.56. The first-order valence-corrected chi connectivity index (χ1v) is 11.4. The number of amides is 2. The van der Waals surface area contributed by atoms with E-state index in [1.165, 1.54) is 0 Å². The number of likely N-dealkylation sites (tertiary alicyclic amines) is 1. The van der Waals surface area contributed by atoms with Gasteiger partial charge in [-0.2, -0.15) is 0 Å². The SMILES string of the molecule is CC(=C1CN(C(=O)CO)C1)c1cc(Cl)c2c(c1Cl)C(=O)N(Cc1c(C)cc(C)[nH]c1=O)CC2. The predicted molar refractivity (Wildman–Crippen MR) is 128 cm³/mol. The normalized spacial score (nSPS) is 15.5. The molecule has 2 amide bonds. The van der Waals surface area contributed by atoms with Crippen molar-refractivity contribution in [3.05, 3.63) is 71.6 Å². The molecule has 0 aliphatic carbocycles. The molecule has 1 saturated heterocycles. The van der Waals surface area contributed by atoms with Gasteiger partial charge in [0.15, 0.2) is 0 Å². The van der Waals surface area contributed by atoms with Gasteiger partial charge in [0.2, 0.25) is 5.91 Å². The lowest BCUT2D eigenvalue weighted by Gasteiger charge is -2.36. The number of rotatable bonds is 4. The van der Waals surface area contributed by atoms with Crippen LogP contribution >= 0.6 is 23.2 Å². The minimum Gasteiger partial charge on any atom is -0.387 e. The molecule has 7 nitrogen and oxygen atoms in total. The van der Waals surface area contributed by atoms with E-state index < -0.39 is 6.61 Å². The number of hydrogen-bond acceptors (Lipinski definition) is 4. The van der Waals surface area contributed by atoms with Gasteiger partial charge in [-0.25, -0.2) is 0 Å². The molecule has 0 bridgehead atoms. The highest BCUT2D eigenvalue weighted by Crippen LogP contribution is 2.39. The zero-order valence-corrected chi connectivity index (χ0v) is 20.2. The van der Waals surface area contributed by atoms with E-state index in [0.29, 0.717) is 58.4 Å². The molecule has 1 aromatic carbocycles. The van der Waals surface area contributed by atoms with Gasteiger partial charge in [-0.05, 0) is 67.2 Å². The molecule has 2 aromatic rings. The van der Waals surface area contributed by atoms with Crippen molar-refractivity contribution in [3.63, 3.8) is 0 Å². The van der Waals surface area contributed by atoms with Crippen molar-refractivity contribution in [2.24, 2.45) is 0 Å². The number of hydrogen-bond donors (Lipinski definition) is 2. The summed E-state index contributed by atoms with van der Waals surface area (Å²) in [4.78, 5) is 43.6. The van der Waals surface area contributed by atoms with Gasteiger partial charge in [0.1, 0.15) is 6.61 Å². The molecule has 9 heteroatoms. The van der Waals surface area contributed by atoms with Crippen LogP contribution in [-0.2, 0) is 17.8 Å². The third-order valence-electron chi connectivity index (χ3n) is 6.48. The number of aromatic amines is 1. The molecule has 0 unspecified atom stereocenters. The third-order valence-corrected chi connectivity index (χ3v) is 7.21. The highest BCUT2D eigenvalue weighted by molar-refractivity contribution is 6.38. The fourth-order valence-corrected chi connectivity index (χ4v) is 5.14. The zero-order chi connectivity index (χ0) is 24.0. The predicted octanol–water partition coefficient (Wildman–Crippen LogP) is 3.11. The maximum atomic E-state index is 13.5. The molecule has 0 spiro atoms. The molecule has 2 aliphatic rings. The number of pyridine rings is 1. The van der Waals surface area contributed by atoms with Gasteiger partial charge in [-0.15, -0.1) is 0 Å². The topological polar surface area (TPSA) is 93.7 Å². The minimum atomic E-state index is -0.522. The summed E-state index contributed by atoms with van der Waals surface area (Å²) in [7, 11) is 0. The number of nitrogens with one attached hydrogen (secondary N) is 1. The van der Waals surface area contributed by atoms with Crippen LogP contribution in [0.15, 0.2) is 22.5 Å². The lowest BCUT2D eigenvalue weighted by Crippen LogP contribution is -2.46. The van der Waals surface area contributed by atoms with Crippen molar-refractivity contribution < 1.29 is 14.7 Å². The number of allylic oxidation sites excluding steroid dienone is 1. The van der Waals surface area contributed by atoms with Crippen molar-refractivity contribution in [2.75, 3.05) is 26.2 Å². The number of aliphatic hydroxyl groups is 1. The molecule has 3 heterocycles. The lowest BCUT2D eigenvalue weighted by atomic mass is 9.90. The summed E-state index contributed by atoms with van der Waals surface area (Å²) >= 11 is 13.3. The van der Waals surface area contributed by atoms with Crippen molar-refractivity contribution in [1.29, 1.82) is 0 Å². The Bertz CT molecular complexity index is 1260. The first-order chi connectivity index (χ1) is 15.6. The van der Waals surface area contributed by atoms with E-state index in [1.54, 1.807) is 15.9 Å². The van der Waals surface area contributed by atoms with E-state index in [2.05, 4.69) is 4.98 Å². The summed E-state index contributed by atoms with van der Waals surface area (Å²) in [6, 6.07) is 3.67. The first-order valence-electron chi connectivity index (χ1n) is 10.7. The van der Waals surface area contributed by atoms with Crippen LogP contribution in [0.25, 0.3) is 5.57 Å². The summed E-state index contributed by atoms with van der Waals surface area (Å²) < 4.78 is 0. The van der Waals surface area contributed by atoms with Crippen molar-refractivity contribution in [1.82, 2.24) is 14.8 Å². The molecular formula is C24H25Cl2N3O4. The number of carbonyl (C=O) groups excluding carboxylic acids is 2. The van der Waals surface area contributed by atoms with Crippen LogP contribution in [-0.4, -0.2) is 57.9 Å². The fraction of sp³-hybridized carbons (Fsp3) is 0.375. The average molecular weight is 490 g/mol. The number of aliphatic hydroxyl groups excluding tert-OH is 1. The van der Waals surface area contributed by atoms with Crippen LogP contribution in [0.1, 0.15) is 45.2 Å². The Labute approximate surface area is 201 Å². The van der Waals surface area contributed by atoms with E-state index in [0.717, 1.165) is 22.4 Å². The molecule has 174 valence electrons. The first kappa shape index (κ1) is 23.5. The number of aryl methyl sites for hydroxylation is 2. The van der Waals surface area contributed by atoms with Crippen LogP contribution in [0, 0.1) is 13.8 Å². The van der Waals surface area contributed by atoms with Gasteiger partial charge in [0.25, 0.3) is 11.5 Å². The van der Waals surface area contributed by atoms with Crippen LogP contribution in [0.3, 0.4) is 0 Å². The highest BCUT2D eigenvalue weighted by atomic mass is 35.5. The Balaban J connectivity index is 1.67. The number of halogens is 2. The van der Waals surface area contributed by atoms with E-state index in [4.69, 9.17) is 28.3 Å². The molecule has 1 fully saturated rings. The van der Waals surface area contributed by atoms with Crippen molar-refractivity contribution >= 4 is 40.6 Å². The quantitative estimate of drug-likeness (QED) is 0.689. The minimum absolute atomic E-state index is 0.191. The Kier molecular flexibility index (Phi) is 6.40. The Morgan fingerprint density at radius 1 is 1.18 bits per heavy atom. The zero-order valence-electron chi connectivity index (χ0n) is 18.7. The van der Waals surface area contributed by atoms with Crippen molar-refractivity contribution in [2.45, 2.75) is 33.7 Å². The number of nitrogens with zero attached hydrogens (tertiary/aromatic N) is 2. The summed E-state index contributed by atoms with van der Waals surface area (Å²) in [5, 5.41) is 9.83. The lowest BCUT2D eigenvalue weighted by molar-refractivity contribution is -0.135. The van der Waals surface area contributed by atoms with Gasteiger partial charge in [0, 0.05) is 35.9 Å². The number of benzene rings is 1. The molecule has 2 N–H and O–H groups in total. The molecule has 0 atom stereocenters. The Morgan fingerprint density at radius 2 is 1.88 bits per heavy atom. The molecule has 33 heavy (non-hydrogen) atoms. The smallest absolute Gasteiger partial charge is 0.256 e. The van der Waals surface area contributed by atoms with Crippen LogP contribution < -0.4 is 5.56 Å². The number of carbonyl (C=O) groups is 2. The van der Waals surface area contributed by atoms with Gasteiger partial charge in [-0.1, -0.05) is 23.2 Å². The second-order valence-corrected chi connectivity index (χ2v) is 9.41. The molecular weight excluding hydrogens is 465 g/mol. The molecule has 4 rings (SSSR count). The number of H-pyrrole nitrogens is 1. The molecule has 0 radical (unpaired) electrons. The van der Waals surface area contributed by atoms with E-state index >= 15 is 0 Å². The summed E-state index contributed by atoms with van der Waals surface area (Å²) in [5.74, 6) is -0.582. The monoisotopic (exact) mass is 489 g/mol. The van der Waals surface area contributed by atoms with Gasteiger partial charge < -0.3 is 19.9 Å². The second-order valence-electron chi connectivity index (χ2n) is 8.63. The second kappa shape index (κ2) is 8.97. The Hall–Kier alpha value is -2.61. The van der Waals surface area contributed by atoms with Crippen molar-refractivity contribution in [3.8, 4) is 0 Å². The largest absolute Gasteiger partial charge is 0.387 e. The summed E-state index contributed by atoms with van der Waals surface area (Å²) in [6.07, 6.45) is 0.539. The number of fused-ring (bicyclic) bond motifs is 1. The van der Waals surface area contributed by atoms with Crippen LogP contribution in [0.5, 0.6) is 0 Å². The van der Waals surface area contributed by atoms with E-state index in [9.17, 15) is 14.4 Å². The molecule has 2 aliphatic heterocycles. The third kappa shape index (κ3) is 4.21. The average Bonchev–Trinajstić information content (AvgIpc) is 2.72. The van der Waals surface area contributed by atoms with Crippen LogP contribution in [0.4, 0.5) is 0 Å². The standard InChI is InChI=1S/C24H25Cl2N3O4/c1-12-6-13(2)27-23(32)18(12)10-28-5-4-16-19(25)7-17(22(26)21(16)24(28)33)14(3)15-8-29(9-15)20(31)11-30/h6-7,30H,4-5,8-11H2,1-3H3,(H,27,32). The molecule has 0 saturated carbocycles.